The predicted molar refractivity (Wildman–Crippen MR) is 72.6 cm³/mol. The van der Waals surface area contributed by atoms with Crippen LogP contribution < -0.4 is 10.5 Å². The smallest absolute Gasteiger partial charge is 0.133 e. The zero-order chi connectivity index (χ0) is 13.0. The van der Waals surface area contributed by atoms with Crippen LogP contribution in [0.15, 0.2) is 28.9 Å². The largest absolute Gasteiger partial charge is 0.490 e. The Labute approximate surface area is 118 Å². The minimum atomic E-state index is 0.392. The SMILES string of the molecule is NCc1cn(CCOc2ccc(Cl)cc2Br)nn1. The summed E-state index contributed by atoms with van der Waals surface area (Å²) >= 11 is 9.23. The molecule has 0 bridgehead atoms. The molecule has 0 saturated carbocycles. The number of ether oxygens (including phenoxy) is 1. The highest BCUT2D eigenvalue weighted by atomic mass is 79.9. The molecule has 7 heteroatoms. The average Bonchev–Trinajstić information content (AvgIpc) is 2.80. The first-order valence-corrected chi connectivity index (χ1v) is 6.53. The Morgan fingerprint density at radius 1 is 1.44 bits per heavy atom. The normalized spacial score (nSPS) is 10.6. The van der Waals surface area contributed by atoms with E-state index in [0.29, 0.717) is 24.7 Å². The van der Waals surface area contributed by atoms with Crippen LogP contribution in [0.3, 0.4) is 0 Å². The molecular weight excluding hydrogens is 320 g/mol. The van der Waals surface area contributed by atoms with Gasteiger partial charge in [0.2, 0.25) is 0 Å². The lowest BCUT2D eigenvalue weighted by Crippen LogP contribution is -2.09. The molecule has 0 aliphatic carbocycles. The first-order valence-electron chi connectivity index (χ1n) is 5.36. The maximum Gasteiger partial charge on any atom is 0.133 e. The highest BCUT2D eigenvalue weighted by Gasteiger charge is 2.03. The molecule has 1 aromatic carbocycles. The summed E-state index contributed by atoms with van der Waals surface area (Å²) < 4.78 is 8.14. The fraction of sp³-hybridized carbons (Fsp3) is 0.273. The summed E-state index contributed by atoms with van der Waals surface area (Å²) in [5.74, 6) is 0.749. The van der Waals surface area contributed by atoms with Crippen LogP contribution in [0.2, 0.25) is 5.02 Å². The number of rotatable bonds is 5. The molecule has 1 heterocycles. The molecule has 0 unspecified atom stereocenters. The fourth-order valence-electron chi connectivity index (χ4n) is 1.38. The van der Waals surface area contributed by atoms with Crippen molar-refractivity contribution in [3.05, 3.63) is 39.6 Å². The summed E-state index contributed by atoms with van der Waals surface area (Å²) in [6, 6.07) is 5.39. The van der Waals surface area contributed by atoms with E-state index >= 15 is 0 Å². The average molecular weight is 332 g/mol. The third-order valence-corrected chi connectivity index (χ3v) is 3.12. The Balaban J connectivity index is 1.88. The van der Waals surface area contributed by atoms with Gasteiger partial charge in [-0.05, 0) is 34.1 Å². The van der Waals surface area contributed by atoms with Crippen LogP contribution in [0.4, 0.5) is 0 Å². The molecule has 0 saturated heterocycles. The van der Waals surface area contributed by atoms with Gasteiger partial charge in [-0.15, -0.1) is 5.10 Å². The summed E-state index contributed by atoms with van der Waals surface area (Å²) in [7, 11) is 0. The fourth-order valence-corrected chi connectivity index (χ4v) is 2.18. The van der Waals surface area contributed by atoms with Gasteiger partial charge in [0.15, 0.2) is 0 Å². The minimum absolute atomic E-state index is 0.392. The van der Waals surface area contributed by atoms with Crippen molar-refractivity contribution in [3.8, 4) is 5.75 Å². The molecule has 0 amide bonds. The third kappa shape index (κ3) is 3.44. The van der Waals surface area contributed by atoms with E-state index < -0.39 is 0 Å². The first-order chi connectivity index (χ1) is 8.69. The van der Waals surface area contributed by atoms with Gasteiger partial charge in [-0.1, -0.05) is 16.8 Å². The molecule has 18 heavy (non-hydrogen) atoms. The first kappa shape index (κ1) is 13.3. The second kappa shape index (κ2) is 6.17. The molecule has 0 fully saturated rings. The molecule has 2 rings (SSSR count). The van der Waals surface area contributed by atoms with Crippen LogP contribution in [0.1, 0.15) is 5.69 Å². The van der Waals surface area contributed by atoms with Gasteiger partial charge in [-0.3, -0.25) is 0 Å². The molecule has 0 spiro atoms. The highest BCUT2D eigenvalue weighted by molar-refractivity contribution is 9.10. The Bertz CT molecular complexity index is 532. The molecule has 1 aromatic heterocycles. The zero-order valence-corrected chi connectivity index (χ0v) is 11.9. The van der Waals surface area contributed by atoms with Crippen molar-refractivity contribution in [2.24, 2.45) is 5.73 Å². The Morgan fingerprint density at radius 2 is 2.28 bits per heavy atom. The summed E-state index contributed by atoms with van der Waals surface area (Å²) in [6.07, 6.45) is 1.81. The zero-order valence-electron chi connectivity index (χ0n) is 9.51. The van der Waals surface area contributed by atoms with Gasteiger partial charge in [0.25, 0.3) is 0 Å². The number of halogens is 2. The lowest BCUT2D eigenvalue weighted by atomic mass is 10.3. The van der Waals surface area contributed by atoms with Crippen molar-refractivity contribution in [2.45, 2.75) is 13.1 Å². The van der Waals surface area contributed by atoms with E-state index in [1.54, 1.807) is 23.0 Å². The topological polar surface area (TPSA) is 66.0 Å². The van der Waals surface area contributed by atoms with E-state index in [1.165, 1.54) is 0 Å². The van der Waals surface area contributed by atoms with E-state index in [1.807, 2.05) is 6.07 Å². The van der Waals surface area contributed by atoms with Crippen molar-refractivity contribution in [1.29, 1.82) is 0 Å². The van der Waals surface area contributed by atoms with E-state index in [2.05, 4.69) is 26.2 Å². The van der Waals surface area contributed by atoms with Gasteiger partial charge in [0.1, 0.15) is 12.4 Å². The van der Waals surface area contributed by atoms with Crippen LogP contribution >= 0.6 is 27.5 Å². The van der Waals surface area contributed by atoms with Crippen LogP contribution in [-0.4, -0.2) is 21.6 Å². The maximum atomic E-state index is 5.85. The van der Waals surface area contributed by atoms with Gasteiger partial charge in [-0.2, -0.15) is 0 Å². The second-order valence-electron chi connectivity index (χ2n) is 3.60. The van der Waals surface area contributed by atoms with Crippen molar-refractivity contribution in [2.75, 3.05) is 6.61 Å². The van der Waals surface area contributed by atoms with Crippen molar-refractivity contribution < 1.29 is 4.74 Å². The minimum Gasteiger partial charge on any atom is -0.490 e. The number of hydrogen-bond acceptors (Lipinski definition) is 4. The van der Waals surface area contributed by atoms with Crippen LogP contribution in [-0.2, 0) is 13.1 Å². The lowest BCUT2D eigenvalue weighted by molar-refractivity contribution is 0.288. The summed E-state index contributed by atoms with van der Waals surface area (Å²) in [4.78, 5) is 0. The predicted octanol–water partition coefficient (Wildman–Crippen LogP) is 2.23. The molecule has 2 aromatic rings. The standard InChI is InChI=1S/C11H12BrClN4O/c12-10-5-8(13)1-2-11(10)18-4-3-17-7-9(6-14)15-16-17/h1-2,5,7H,3-4,6,14H2. The van der Waals surface area contributed by atoms with Crippen molar-refractivity contribution >= 4 is 27.5 Å². The quantitative estimate of drug-likeness (QED) is 0.912. The second-order valence-corrected chi connectivity index (χ2v) is 4.89. The number of nitrogens with zero attached hydrogens (tertiary/aromatic N) is 3. The Morgan fingerprint density at radius 3 is 2.94 bits per heavy atom. The van der Waals surface area contributed by atoms with Crippen LogP contribution in [0.25, 0.3) is 0 Å². The molecule has 0 radical (unpaired) electrons. The van der Waals surface area contributed by atoms with Crippen molar-refractivity contribution in [3.63, 3.8) is 0 Å². The molecule has 5 nitrogen and oxygen atoms in total. The van der Waals surface area contributed by atoms with Gasteiger partial charge in [-0.25, -0.2) is 4.68 Å². The van der Waals surface area contributed by atoms with Crippen LogP contribution in [0, 0.1) is 0 Å². The summed E-state index contributed by atoms with van der Waals surface area (Å²) in [5, 5.41) is 8.49. The maximum absolute atomic E-state index is 5.85. The monoisotopic (exact) mass is 330 g/mol. The Kier molecular flexibility index (Phi) is 4.57. The number of aromatic nitrogens is 3. The number of hydrogen-bond donors (Lipinski definition) is 1. The number of nitrogens with two attached hydrogens (primary N) is 1. The molecule has 0 aliphatic rings. The molecule has 0 aliphatic heterocycles. The van der Waals surface area contributed by atoms with Gasteiger partial charge < -0.3 is 10.5 Å². The molecule has 96 valence electrons. The Hall–Kier alpha value is -1.11. The van der Waals surface area contributed by atoms with E-state index in [4.69, 9.17) is 22.1 Å². The highest BCUT2D eigenvalue weighted by Crippen LogP contribution is 2.27. The van der Waals surface area contributed by atoms with Gasteiger partial charge >= 0.3 is 0 Å². The molecule has 2 N–H and O–H groups in total. The summed E-state index contributed by atoms with van der Waals surface area (Å²) in [6.45, 7) is 1.50. The summed E-state index contributed by atoms with van der Waals surface area (Å²) in [5.41, 5.74) is 6.22. The van der Waals surface area contributed by atoms with E-state index in [0.717, 1.165) is 15.9 Å². The number of benzene rings is 1. The van der Waals surface area contributed by atoms with Crippen molar-refractivity contribution in [1.82, 2.24) is 15.0 Å². The third-order valence-electron chi connectivity index (χ3n) is 2.27. The van der Waals surface area contributed by atoms with E-state index in [9.17, 15) is 0 Å². The van der Waals surface area contributed by atoms with E-state index in [-0.39, 0.29) is 0 Å². The van der Waals surface area contributed by atoms with Gasteiger partial charge in [0, 0.05) is 17.8 Å². The van der Waals surface area contributed by atoms with Gasteiger partial charge in [0.05, 0.1) is 16.7 Å². The van der Waals surface area contributed by atoms with Crippen LogP contribution in [0.5, 0.6) is 5.75 Å². The lowest BCUT2D eigenvalue weighted by Gasteiger charge is -2.08. The molecular formula is C11H12BrClN4O. The molecule has 0 atom stereocenters.